The molecule has 0 unspecified atom stereocenters. The molecule has 0 radical (unpaired) electrons. The summed E-state index contributed by atoms with van der Waals surface area (Å²) in [5, 5.41) is 3.95. The number of nitrogens with one attached hydrogen (secondary N) is 1. The fourth-order valence-electron chi connectivity index (χ4n) is 3.02. The van der Waals surface area contributed by atoms with Crippen molar-refractivity contribution in [1.29, 1.82) is 0 Å². The Morgan fingerprint density at radius 3 is 2.18 bits per heavy atom. The van der Waals surface area contributed by atoms with Crippen molar-refractivity contribution in [1.82, 2.24) is 5.32 Å². The van der Waals surface area contributed by atoms with Crippen molar-refractivity contribution < 1.29 is 23.9 Å². The average Bonchev–Trinajstić information content (AvgIpc) is 3.25. The van der Waals surface area contributed by atoms with Crippen molar-refractivity contribution in [2.45, 2.75) is 5.92 Å². The second-order valence-electron chi connectivity index (χ2n) is 6.07. The van der Waals surface area contributed by atoms with Gasteiger partial charge >= 0.3 is 5.97 Å². The minimum Gasteiger partial charge on any atom is -0.457 e. The number of esters is 1. The number of imide groups is 1. The zero-order chi connectivity index (χ0) is 19.5. The molecule has 0 fully saturated rings. The molecule has 1 aliphatic heterocycles. The van der Waals surface area contributed by atoms with E-state index in [1.807, 2.05) is 24.3 Å². The highest BCUT2D eigenvalue weighted by Gasteiger charge is 2.33. The Morgan fingerprint density at radius 2 is 1.57 bits per heavy atom. The van der Waals surface area contributed by atoms with Crippen molar-refractivity contribution in [2.24, 2.45) is 0 Å². The van der Waals surface area contributed by atoms with E-state index in [4.69, 9.17) is 9.47 Å². The Labute approximate surface area is 164 Å². The molecule has 2 aromatic carbocycles. The molecule has 6 nitrogen and oxygen atoms in total. The molecule has 1 N–H and O–H groups in total. The maximum atomic E-state index is 12.8. The van der Waals surface area contributed by atoms with Gasteiger partial charge in [-0.3, -0.25) is 19.7 Å². The van der Waals surface area contributed by atoms with E-state index in [9.17, 15) is 14.4 Å². The monoisotopic (exact) mass is 393 g/mol. The largest absolute Gasteiger partial charge is 0.457 e. The van der Waals surface area contributed by atoms with Gasteiger partial charge in [-0.15, -0.1) is 11.3 Å². The smallest absolute Gasteiger partial charge is 0.318 e. The van der Waals surface area contributed by atoms with E-state index >= 15 is 0 Å². The quantitative estimate of drug-likeness (QED) is 0.687. The third-order valence-electron chi connectivity index (χ3n) is 4.26. The number of hydrogen-bond donors (Lipinski definition) is 1. The van der Waals surface area contributed by atoms with Crippen molar-refractivity contribution in [3.05, 3.63) is 82.0 Å². The molecule has 140 valence electrons. The topological polar surface area (TPSA) is 81.7 Å². The molecule has 1 aromatic heterocycles. The SMILES string of the molecule is O=C(COC(=O)C1c2ccccc2Oc2ccccc21)NC(=O)c1cccs1. The van der Waals surface area contributed by atoms with Crippen molar-refractivity contribution in [2.75, 3.05) is 6.61 Å². The third kappa shape index (κ3) is 3.52. The van der Waals surface area contributed by atoms with Gasteiger partial charge in [0.05, 0.1) is 4.88 Å². The molecule has 0 saturated heterocycles. The lowest BCUT2D eigenvalue weighted by Gasteiger charge is -2.26. The molecule has 1 aliphatic rings. The second-order valence-corrected chi connectivity index (χ2v) is 7.02. The molecule has 0 atom stereocenters. The molecule has 0 spiro atoms. The zero-order valence-electron chi connectivity index (χ0n) is 14.6. The summed E-state index contributed by atoms with van der Waals surface area (Å²) in [6, 6.07) is 17.7. The summed E-state index contributed by atoms with van der Waals surface area (Å²) in [4.78, 5) is 37.1. The van der Waals surface area contributed by atoms with Crippen molar-refractivity contribution in [3.63, 3.8) is 0 Å². The van der Waals surface area contributed by atoms with Gasteiger partial charge in [0, 0.05) is 11.1 Å². The lowest BCUT2D eigenvalue weighted by Crippen LogP contribution is -2.34. The molecule has 3 aromatic rings. The molecule has 28 heavy (non-hydrogen) atoms. The number of ether oxygens (including phenoxy) is 2. The van der Waals surface area contributed by atoms with Crippen LogP contribution in [0.4, 0.5) is 0 Å². The molecule has 4 rings (SSSR count). The lowest BCUT2D eigenvalue weighted by atomic mass is 9.88. The Kier molecular flexibility index (Phi) is 4.90. The highest BCUT2D eigenvalue weighted by atomic mass is 32.1. The third-order valence-corrected chi connectivity index (χ3v) is 5.13. The first-order valence-electron chi connectivity index (χ1n) is 8.53. The van der Waals surface area contributed by atoms with Crippen LogP contribution in [0.2, 0.25) is 0 Å². The maximum absolute atomic E-state index is 12.8. The Bertz CT molecular complexity index is 999. The molecular weight excluding hydrogens is 378 g/mol. The van der Waals surface area contributed by atoms with E-state index in [1.165, 1.54) is 11.3 Å². The first-order chi connectivity index (χ1) is 13.6. The summed E-state index contributed by atoms with van der Waals surface area (Å²) in [6.45, 7) is -0.544. The molecule has 0 aliphatic carbocycles. The first-order valence-corrected chi connectivity index (χ1v) is 9.41. The fraction of sp³-hybridized carbons (Fsp3) is 0.0952. The summed E-state index contributed by atoms with van der Waals surface area (Å²) in [6.07, 6.45) is 0. The minimum absolute atomic E-state index is 0.409. The standard InChI is InChI=1S/C21H15NO5S/c23-18(22-20(24)17-10-5-11-28-17)12-26-21(25)19-13-6-1-3-8-15(13)27-16-9-4-2-7-14(16)19/h1-11,19H,12H2,(H,22,23,24). The van der Waals surface area contributed by atoms with Crippen LogP contribution < -0.4 is 10.1 Å². The van der Waals surface area contributed by atoms with Gasteiger partial charge < -0.3 is 9.47 Å². The van der Waals surface area contributed by atoms with Crippen LogP contribution in [0.25, 0.3) is 0 Å². The van der Waals surface area contributed by atoms with Crippen LogP contribution >= 0.6 is 11.3 Å². The van der Waals surface area contributed by atoms with Crippen LogP contribution in [0.5, 0.6) is 11.5 Å². The number of fused-ring (bicyclic) bond motifs is 2. The molecule has 7 heteroatoms. The van der Waals surface area contributed by atoms with Crippen LogP contribution in [-0.4, -0.2) is 24.4 Å². The number of carbonyl (C=O) groups is 3. The Morgan fingerprint density at radius 1 is 0.929 bits per heavy atom. The lowest BCUT2D eigenvalue weighted by molar-refractivity contribution is -0.149. The summed E-state index contributed by atoms with van der Waals surface area (Å²) in [7, 11) is 0. The van der Waals surface area contributed by atoms with Gasteiger partial charge in [0.25, 0.3) is 11.8 Å². The van der Waals surface area contributed by atoms with Crippen LogP contribution in [0.1, 0.15) is 26.7 Å². The van der Waals surface area contributed by atoms with E-state index in [1.54, 1.807) is 41.8 Å². The van der Waals surface area contributed by atoms with E-state index in [2.05, 4.69) is 5.32 Å². The summed E-state index contributed by atoms with van der Waals surface area (Å²) >= 11 is 1.22. The van der Waals surface area contributed by atoms with Crippen LogP contribution in [0, 0.1) is 0 Å². The second kappa shape index (κ2) is 7.66. The first kappa shape index (κ1) is 17.9. The summed E-state index contributed by atoms with van der Waals surface area (Å²) in [5.74, 6) is -1.34. The normalized spacial score (nSPS) is 12.3. The van der Waals surface area contributed by atoms with Crippen molar-refractivity contribution >= 4 is 29.1 Å². The zero-order valence-corrected chi connectivity index (χ0v) is 15.4. The summed E-state index contributed by atoms with van der Waals surface area (Å²) in [5.41, 5.74) is 1.34. The number of hydrogen-bond acceptors (Lipinski definition) is 6. The van der Waals surface area contributed by atoms with Crippen LogP contribution in [0.15, 0.2) is 66.0 Å². The maximum Gasteiger partial charge on any atom is 0.318 e. The van der Waals surface area contributed by atoms with Gasteiger partial charge in [-0.1, -0.05) is 42.5 Å². The summed E-state index contributed by atoms with van der Waals surface area (Å²) < 4.78 is 11.1. The number of benzene rings is 2. The van der Waals surface area contributed by atoms with E-state index in [0.717, 1.165) is 0 Å². The molecule has 0 bridgehead atoms. The average molecular weight is 393 g/mol. The number of thiophene rings is 1. The van der Waals surface area contributed by atoms with Gasteiger partial charge in [-0.05, 0) is 23.6 Å². The van der Waals surface area contributed by atoms with E-state index in [0.29, 0.717) is 27.5 Å². The number of rotatable bonds is 4. The van der Waals surface area contributed by atoms with E-state index in [-0.39, 0.29) is 0 Å². The molecule has 0 saturated carbocycles. The van der Waals surface area contributed by atoms with Gasteiger partial charge in [0.2, 0.25) is 0 Å². The highest BCUT2D eigenvalue weighted by Crippen LogP contribution is 2.44. The minimum atomic E-state index is -0.707. The predicted molar refractivity (Wildman–Crippen MR) is 103 cm³/mol. The Hall–Kier alpha value is -3.45. The fourth-order valence-corrected chi connectivity index (χ4v) is 3.63. The van der Waals surface area contributed by atoms with Gasteiger partial charge in [-0.25, -0.2) is 0 Å². The number of amides is 2. The molecule has 2 amide bonds. The van der Waals surface area contributed by atoms with Crippen LogP contribution in [0.3, 0.4) is 0 Å². The van der Waals surface area contributed by atoms with E-state index < -0.39 is 30.3 Å². The van der Waals surface area contributed by atoms with Gasteiger partial charge in [0.15, 0.2) is 6.61 Å². The number of carbonyl (C=O) groups excluding carboxylic acids is 3. The Balaban J connectivity index is 1.48. The van der Waals surface area contributed by atoms with Crippen LogP contribution in [-0.2, 0) is 14.3 Å². The number of para-hydroxylation sites is 2. The van der Waals surface area contributed by atoms with Gasteiger partial charge in [0.1, 0.15) is 17.4 Å². The predicted octanol–water partition coefficient (Wildman–Crippen LogP) is 3.49. The molecule has 2 heterocycles. The molecular formula is C21H15NO5S. The van der Waals surface area contributed by atoms with Crippen molar-refractivity contribution in [3.8, 4) is 11.5 Å². The highest BCUT2D eigenvalue weighted by molar-refractivity contribution is 7.12. The van der Waals surface area contributed by atoms with Gasteiger partial charge in [-0.2, -0.15) is 0 Å².